The van der Waals surface area contributed by atoms with Gasteiger partial charge in [-0.25, -0.2) is 4.98 Å². The van der Waals surface area contributed by atoms with Crippen LogP contribution in [0.5, 0.6) is 5.75 Å². The first-order valence-corrected chi connectivity index (χ1v) is 10.8. The summed E-state index contributed by atoms with van der Waals surface area (Å²) >= 11 is 3.14. The molecule has 1 aliphatic carbocycles. The van der Waals surface area contributed by atoms with E-state index in [4.69, 9.17) is 4.74 Å². The highest BCUT2D eigenvalue weighted by atomic mass is 32.2. The van der Waals surface area contributed by atoms with Gasteiger partial charge >= 0.3 is 0 Å². The Morgan fingerprint density at radius 2 is 2.24 bits per heavy atom. The van der Waals surface area contributed by atoms with Gasteiger partial charge in [-0.3, -0.25) is 4.79 Å². The third-order valence-corrected chi connectivity index (χ3v) is 7.19. The second-order valence-electron chi connectivity index (χ2n) is 6.77. The van der Waals surface area contributed by atoms with Crippen LogP contribution in [-0.2, 0) is 4.79 Å². The number of thioether (sulfide) groups is 1. The SMILES string of the molecule is CCOc1ccc2nc(SCC(=O)N[C@@H]3CCC[C@H](C)[C@H]3C)sc2c1. The minimum absolute atomic E-state index is 0.116. The molecule has 1 amide bonds. The van der Waals surface area contributed by atoms with Crippen LogP contribution in [0.4, 0.5) is 0 Å². The summed E-state index contributed by atoms with van der Waals surface area (Å²) in [6.07, 6.45) is 3.59. The fourth-order valence-electron chi connectivity index (χ4n) is 3.36. The summed E-state index contributed by atoms with van der Waals surface area (Å²) in [6, 6.07) is 6.26. The van der Waals surface area contributed by atoms with Crippen molar-refractivity contribution in [3.8, 4) is 5.75 Å². The highest BCUT2D eigenvalue weighted by molar-refractivity contribution is 8.01. The van der Waals surface area contributed by atoms with Gasteiger partial charge < -0.3 is 10.1 Å². The van der Waals surface area contributed by atoms with Crippen LogP contribution in [0.25, 0.3) is 10.2 Å². The van der Waals surface area contributed by atoms with Crippen molar-refractivity contribution in [1.29, 1.82) is 0 Å². The highest BCUT2D eigenvalue weighted by Crippen LogP contribution is 2.32. The lowest BCUT2D eigenvalue weighted by Gasteiger charge is -2.34. The van der Waals surface area contributed by atoms with Gasteiger partial charge in [0, 0.05) is 6.04 Å². The van der Waals surface area contributed by atoms with Gasteiger partial charge in [0.25, 0.3) is 0 Å². The van der Waals surface area contributed by atoms with Crippen LogP contribution in [0.3, 0.4) is 0 Å². The van der Waals surface area contributed by atoms with Gasteiger partial charge in [0.05, 0.1) is 22.6 Å². The maximum Gasteiger partial charge on any atom is 0.230 e. The Balaban J connectivity index is 1.55. The van der Waals surface area contributed by atoms with E-state index < -0.39 is 0 Å². The van der Waals surface area contributed by atoms with Crippen LogP contribution < -0.4 is 10.1 Å². The Morgan fingerprint density at radius 1 is 1.40 bits per heavy atom. The van der Waals surface area contributed by atoms with Crippen LogP contribution in [0.15, 0.2) is 22.5 Å². The number of ether oxygens (including phenoxy) is 1. The lowest BCUT2D eigenvalue weighted by atomic mass is 9.78. The standard InChI is InChI=1S/C19H26N2O2S2/c1-4-23-14-8-9-16-17(10-14)25-19(21-16)24-11-18(22)20-15-7-5-6-12(2)13(15)3/h8-10,12-13,15H,4-7,11H2,1-3H3,(H,20,22)/t12-,13+,15+/m0/s1. The number of thiazole rings is 1. The van der Waals surface area contributed by atoms with E-state index in [1.807, 2.05) is 25.1 Å². The van der Waals surface area contributed by atoms with Crippen LogP contribution in [0, 0.1) is 11.8 Å². The van der Waals surface area contributed by atoms with E-state index in [1.54, 1.807) is 11.3 Å². The fourth-order valence-corrected chi connectivity index (χ4v) is 5.27. The predicted octanol–water partition coefficient (Wildman–Crippen LogP) is 4.73. The molecular formula is C19H26N2O2S2. The number of carbonyl (C=O) groups is 1. The number of carbonyl (C=O) groups excluding carboxylic acids is 1. The molecule has 0 spiro atoms. The van der Waals surface area contributed by atoms with Crippen molar-refractivity contribution in [3.63, 3.8) is 0 Å². The van der Waals surface area contributed by atoms with Crippen LogP contribution >= 0.6 is 23.1 Å². The zero-order valence-electron chi connectivity index (χ0n) is 15.1. The van der Waals surface area contributed by atoms with Crippen molar-refractivity contribution in [2.45, 2.75) is 50.4 Å². The summed E-state index contributed by atoms with van der Waals surface area (Å²) in [5.74, 6) is 2.66. The van der Waals surface area contributed by atoms with Crippen molar-refractivity contribution in [1.82, 2.24) is 10.3 Å². The molecule has 1 aliphatic rings. The van der Waals surface area contributed by atoms with E-state index >= 15 is 0 Å². The topological polar surface area (TPSA) is 51.2 Å². The zero-order chi connectivity index (χ0) is 17.8. The van der Waals surface area contributed by atoms with Gasteiger partial charge in [-0.15, -0.1) is 11.3 Å². The van der Waals surface area contributed by atoms with Crippen LogP contribution in [-0.4, -0.2) is 29.3 Å². The van der Waals surface area contributed by atoms with Gasteiger partial charge in [0.2, 0.25) is 5.91 Å². The summed E-state index contributed by atoms with van der Waals surface area (Å²) in [5, 5.41) is 3.23. The molecule has 6 heteroatoms. The number of nitrogens with one attached hydrogen (secondary N) is 1. The average Bonchev–Trinajstić information content (AvgIpc) is 3.00. The Hall–Kier alpha value is -1.27. The molecule has 136 valence electrons. The quantitative estimate of drug-likeness (QED) is 0.739. The van der Waals surface area contributed by atoms with E-state index in [-0.39, 0.29) is 5.91 Å². The maximum atomic E-state index is 12.3. The van der Waals surface area contributed by atoms with Crippen molar-refractivity contribution in [3.05, 3.63) is 18.2 Å². The molecular weight excluding hydrogens is 352 g/mol. The molecule has 0 aliphatic heterocycles. The number of amides is 1. The number of benzene rings is 1. The van der Waals surface area contributed by atoms with E-state index in [2.05, 4.69) is 24.1 Å². The molecule has 1 N–H and O–H groups in total. The molecule has 4 nitrogen and oxygen atoms in total. The van der Waals surface area contributed by atoms with E-state index in [1.165, 1.54) is 24.6 Å². The summed E-state index contributed by atoms with van der Waals surface area (Å²) in [5.41, 5.74) is 0.964. The minimum atomic E-state index is 0.116. The zero-order valence-corrected chi connectivity index (χ0v) is 16.7. The molecule has 1 heterocycles. The van der Waals surface area contributed by atoms with Crippen LogP contribution in [0.1, 0.15) is 40.0 Å². The maximum absolute atomic E-state index is 12.3. The van der Waals surface area contributed by atoms with E-state index in [0.717, 1.165) is 26.7 Å². The van der Waals surface area contributed by atoms with Gasteiger partial charge in [-0.2, -0.15) is 0 Å². The summed E-state index contributed by atoms with van der Waals surface area (Å²) in [6.45, 7) is 7.18. The first-order valence-electron chi connectivity index (χ1n) is 9.02. The van der Waals surface area contributed by atoms with Gasteiger partial charge in [-0.05, 0) is 43.4 Å². The molecule has 3 atom stereocenters. The van der Waals surface area contributed by atoms with Gasteiger partial charge in [-0.1, -0.05) is 38.5 Å². The Kier molecular flexibility index (Phi) is 6.23. The number of nitrogens with zero attached hydrogens (tertiary/aromatic N) is 1. The summed E-state index contributed by atoms with van der Waals surface area (Å²) < 4.78 is 7.57. The monoisotopic (exact) mass is 378 g/mol. The molecule has 0 radical (unpaired) electrons. The summed E-state index contributed by atoms with van der Waals surface area (Å²) in [7, 11) is 0. The lowest BCUT2D eigenvalue weighted by Crippen LogP contribution is -2.44. The molecule has 0 bridgehead atoms. The molecule has 0 saturated heterocycles. The second kappa shape index (κ2) is 8.41. The van der Waals surface area contributed by atoms with Crippen molar-refractivity contribution in [2.75, 3.05) is 12.4 Å². The molecule has 25 heavy (non-hydrogen) atoms. The fraction of sp³-hybridized carbons (Fsp3) is 0.579. The third-order valence-electron chi connectivity index (χ3n) is 5.03. The van der Waals surface area contributed by atoms with Gasteiger partial charge in [0.1, 0.15) is 5.75 Å². The molecule has 1 fully saturated rings. The normalized spacial score (nSPS) is 23.6. The molecule has 1 saturated carbocycles. The number of rotatable bonds is 6. The average molecular weight is 379 g/mol. The van der Waals surface area contributed by atoms with Crippen molar-refractivity contribution < 1.29 is 9.53 Å². The number of hydrogen-bond acceptors (Lipinski definition) is 5. The summed E-state index contributed by atoms with van der Waals surface area (Å²) in [4.78, 5) is 16.9. The smallest absolute Gasteiger partial charge is 0.230 e. The Morgan fingerprint density at radius 3 is 3.04 bits per heavy atom. The first-order chi connectivity index (χ1) is 12.1. The molecule has 0 unspecified atom stereocenters. The highest BCUT2D eigenvalue weighted by Gasteiger charge is 2.28. The molecule has 1 aromatic carbocycles. The lowest BCUT2D eigenvalue weighted by molar-refractivity contribution is -0.119. The predicted molar refractivity (Wildman–Crippen MR) is 106 cm³/mol. The van der Waals surface area contributed by atoms with Gasteiger partial charge in [0.15, 0.2) is 4.34 Å². The van der Waals surface area contributed by atoms with E-state index in [0.29, 0.717) is 30.2 Å². The molecule has 2 aromatic rings. The van der Waals surface area contributed by atoms with Crippen molar-refractivity contribution >= 4 is 39.2 Å². The third kappa shape index (κ3) is 4.67. The number of aromatic nitrogens is 1. The second-order valence-corrected chi connectivity index (χ2v) is 9.03. The first kappa shape index (κ1) is 18.5. The largest absolute Gasteiger partial charge is 0.494 e. The van der Waals surface area contributed by atoms with Crippen molar-refractivity contribution in [2.24, 2.45) is 11.8 Å². The Bertz CT molecular complexity index is 731. The minimum Gasteiger partial charge on any atom is -0.494 e. The number of hydrogen-bond donors (Lipinski definition) is 1. The Labute approximate surface area is 157 Å². The van der Waals surface area contributed by atoms with Crippen LogP contribution in [0.2, 0.25) is 0 Å². The number of fused-ring (bicyclic) bond motifs is 1. The van der Waals surface area contributed by atoms with E-state index in [9.17, 15) is 4.79 Å². The molecule has 1 aromatic heterocycles. The molecule has 3 rings (SSSR count).